The number of hydrazone groups is 1. The molecule has 0 aliphatic rings. The van der Waals surface area contributed by atoms with Gasteiger partial charge in [0, 0.05) is 17.7 Å². The first-order valence-electron chi connectivity index (χ1n) is 6.92. The van der Waals surface area contributed by atoms with Crippen LogP contribution in [0, 0.1) is 10.1 Å². The second-order valence-electron chi connectivity index (χ2n) is 4.82. The van der Waals surface area contributed by atoms with Crippen molar-refractivity contribution in [3.63, 3.8) is 0 Å². The van der Waals surface area contributed by atoms with E-state index in [0.717, 1.165) is 0 Å². The largest absolute Gasteiger partial charge is 0.507 e. The second kappa shape index (κ2) is 7.73. The summed E-state index contributed by atoms with van der Waals surface area (Å²) in [7, 11) is 1.50. The molecule has 0 aliphatic carbocycles. The molecule has 2 N–H and O–H groups in total. The van der Waals surface area contributed by atoms with Gasteiger partial charge in [-0.2, -0.15) is 5.10 Å². The summed E-state index contributed by atoms with van der Waals surface area (Å²) in [5, 5.41) is 24.0. The minimum absolute atomic E-state index is 0.00386. The van der Waals surface area contributed by atoms with E-state index in [0.29, 0.717) is 16.9 Å². The van der Waals surface area contributed by atoms with Crippen LogP contribution in [-0.4, -0.2) is 29.3 Å². The average molecular weight is 329 g/mol. The fourth-order valence-electron chi connectivity index (χ4n) is 1.90. The quantitative estimate of drug-likeness (QED) is 0.478. The summed E-state index contributed by atoms with van der Waals surface area (Å²) in [4.78, 5) is 21.8. The number of phenols is 1. The van der Waals surface area contributed by atoms with Crippen molar-refractivity contribution in [2.24, 2.45) is 5.10 Å². The minimum Gasteiger partial charge on any atom is -0.507 e. The SMILES string of the molecule is COc1ccc(O)c(C=NNC(=O)Cc2ccc([N+](=O)[O-])cc2)c1. The van der Waals surface area contributed by atoms with Crippen molar-refractivity contribution in [3.8, 4) is 11.5 Å². The molecule has 0 atom stereocenters. The number of nitro groups is 1. The van der Waals surface area contributed by atoms with Gasteiger partial charge < -0.3 is 9.84 Å². The van der Waals surface area contributed by atoms with E-state index in [9.17, 15) is 20.0 Å². The monoisotopic (exact) mass is 329 g/mol. The highest BCUT2D eigenvalue weighted by molar-refractivity contribution is 5.86. The number of nitrogens with one attached hydrogen (secondary N) is 1. The van der Waals surface area contributed by atoms with Crippen LogP contribution >= 0.6 is 0 Å². The third-order valence-corrected chi connectivity index (χ3v) is 3.14. The zero-order valence-electron chi connectivity index (χ0n) is 12.8. The number of hydrogen-bond acceptors (Lipinski definition) is 6. The molecule has 0 heterocycles. The van der Waals surface area contributed by atoms with Gasteiger partial charge in [-0.05, 0) is 23.8 Å². The van der Waals surface area contributed by atoms with Crippen LogP contribution in [0.4, 0.5) is 5.69 Å². The summed E-state index contributed by atoms with van der Waals surface area (Å²) in [6, 6.07) is 10.3. The molecule has 0 radical (unpaired) electrons. The average Bonchev–Trinajstić information content (AvgIpc) is 2.57. The van der Waals surface area contributed by atoms with Crippen LogP contribution in [0.15, 0.2) is 47.6 Å². The molecule has 1 amide bonds. The number of benzene rings is 2. The number of non-ortho nitro benzene ring substituents is 1. The Morgan fingerprint density at radius 2 is 2.04 bits per heavy atom. The lowest BCUT2D eigenvalue weighted by Gasteiger charge is -2.03. The molecule has 0 fully saturated rings. The Bertz CT molecular complexity index is 772. The fourth-order valence-corrected chi connectivity index (χ4v) is 1.90. The van der Waals surface area contributed by atoms with E-state index < -0.39 is 4.92 Å². The number of methoxy groups -OCH3 is 1. The first-order valence-corrected chi connectivity index (χ1v) is 6.92. The van der Waals surface area contributed by atoms with E-state index >= 15 is 0 Å². The number of aromatic hydroxyl groups is 1. The van der Waals surface area contributed by atoms with Crippen LogP contribution in [0.3, 0.4) is 0 Å². The molecule has 2 aromatic rings. The maximum atomic E-state index is 11.8. The highest BCUT2D eigenvalue weighted by atomic mass is 16.6. The molecule has 0 bridgehead atoms. The van der Waals surface area contributed by atoms with Gasteiger partial charge in [-0.1, -0.05) is 12.1 Å². The Hall–Kier alpha value is -3.42. The topological polar surface area (TPSA) is 114 Å². The summed E-state index contributed by atoms with van der Waals surface area (Å²) in [5.74, 6) is 0.165. The van der Waals surface area contributed by atoms with Crippen LogP contribution in [0.5, 0.6) is 11.5 Å². The Balaban J connectivity index is 1.94. The van der Waals surface area contributed by atoms with Gasteiger partial charge in [-0.3, -0.25) is 14.9 Å². The molecule has 8 nitrogen and oxygen atoms in total. The summed E-state index contributed by atoms with van der Waals surface area (Å²) in [5.41, 5.74) is 3.31. The molecule has 0 saturated carbocycles. The van der Waals surface area contributed by atoms with E-state index in [-0.39, 0.29) is 23.8 Å². The van der Waals surface area contributed by atoms with E-state index in [4.69, 9.17) is 4.74 Å². The summed E-state index contributed by atoms with van der Waals surface area (Å²) >= 11 is 0. The summed E-state index contributed by atoms with van der Waals surface area (Å²) < 4.78 is 5.03. The van der Waals surface area contributed by atoms with Crippen molar-refractivity contribution in [1.82, 2.24) is 5.43 Å². The van der Waals surface area contributed by atoms with Gasteiger partial charge in [0.25, 0.3) is 5.69 Å². The number of nitrogens with zero attached hydrogens (tertiary/aromatic N) is 2. The number of phenolic OH excluding ortho intramolecular Hbond substituents is 1. The molecule has 0 unspecified atom stereocenters. The normalized spacial score (nSPS) is 10.5. The van der Waals surface area contributed by atoms with Crippen LogP contribution < -0.4 is 10.2 Å². The predicted molar refractivity (Wildman–Crippen MR) is 87.2 cm³/mol. The van der Waals surface area contributed by atoms with Crippen LogP contribution in [0.1, 0.15) is 11.1 Å². The van der Waals surface area contributed by atoms with Crippen LogP contribution in [0.25, 0.3) is 0 Å². The number of nitro benzene ring substituents is 1. The highest BCUT2D eigenvalue weighted by Gasteiger charge is 2.07. The van der Waals surface area contributed by atoms with Gasteiger partial charge in [-0.25, -0.2) is 5.43 Å². The smallest absolute Gasteiger partial charge is 0.269 e. The van der Waals surface area contributed by atoms with Crippen molar-refractivity contribution in [1.29, 1.82) is 0 Å². The van der Waals surface area contributed by atoms with Crippen LogP contribution in [-0.2, 0) is 11.2 Å². The van der Waals surface area contributed by atoms with Crippen molar-refractivity contribution < 1.29 is 19.6 Å². The summed E-state index contributed by atoms with van der Waals surface area (Å²) in [6.45, 7) is 0. The van der Waals surface area contributed by atoms with Crippen LogP contribution in [0.2, 0.25) is 0 Å². The lowest BCUT2D eigenvalue weighted by molar-refractivity contribution is -0.384. The number of ether oxygens (including phenoxy) is 1. The summed E-state index contributed by atoms with van der Waals surface area (Å²) in [6.07, 6.45) is 1.32. The fraction of sp³-hybridized carbons (Fsp3) is 0.125. The highest BCUT2D eigenvalue weighted by Crippen LogP contribution is 2.20. The number of hydrogen-bond donors (Lipinski definition) is 2. The zero-order chi connectivity index (χ0) is 17.5. The molecular formula is C16H15N3O5. The lowest BCUT2D eigenvalue weighted by Crippen LogP contribution is -2.19. The number of carbonyl (C=O) groups is 1. The Morgan fingerprint density at radius 1 is 1.33 bits per heavy atom. The minimum atomic E-state index is -0.505. The molecular weight excluding hydrogens is 314 g/mol. The van der Waals surface area contributed by atoms with Crippen molar-refractivity contribution in [3.05, 3.63) is 63.7 Å². The van der Waals surface area contributed by atoms with Gasteiger partial charge in [0.2, 0.25) is 5.91 Å². The molecule has 124 valence electrons. The molecule has 0 saturated heterocycles. The number of amides is 1. The van der Waals surface area contributed by atoms with E-state index in [1.807, 2.05) is 0 Å². The van der Waals surface area contributed by atoms with Gasteiger partial charge in [0.1, 0.15) is 11.5 Å². The third kappa shape index (κ3) is 4.54. The number of carbonyl (C=O) groups excluding carboxylic acids is 1. The van der Waals surface area contributed by atoms with Gasteiger partial charge in [0.05, 0.1) is 24.7 Å². The first kappa shape index (κ1) is 16.9. The molecule has 8 heteroatoms. The molecule has 2 aromatic carbocycles. The van der Waals surface area contributed by atoms with E-state index in [1.54, 1.807) is 12.1 Å². The Morgan fingerprint density at radius 3 is 2.67 bits per heavy atom. The van der Waals surface area contributed by atoms with Crippen molar-refractivity contribution in [2.45, 2.75) is 6.42 Å². The van der Waals surface area contributed by atoms with Gasteiger partial charge >= 0.3 is 0 Å². The molecule has 24 heavy (non-hydrogen) atoms. The second-order valence-corrected chi connectivity index (χ2v) is 4.82. The maximum Gasteiger partial charge on any atom is 0.269 e. The molecule has 2 rings (SSSR count). The predicted octanol–water partition coefficient (Wildman–Crippen LogP) is 2.00. The van der Waals surface area contributed by atoms with Crippen molar-refractivity contribution >= 4 is 17.8 Å². The molecule has 0 aliphatic heterocycles. The third-order valence-electron chi connectivity index (χ3n) is 3.14. The number of rotatable bonds is 6. The standard InChI is InChI=1S/C16H15N3O5/c1-24-14-6-7-15(20)12(9-14)10-17-18-16(21)8-11-2-4-13(5-3-11)19(22)23/h2-7,9-10,20H,8H2,1H3,(H,18,21). The zero-order valence-corrected chi connectivity index (χ0v) is 12.8. The molecule has 0 aromatic heterocycles. The first-order chi connectivity index (χ1) is 11.5. The van der Waals surface area contributed by atoms with E-state index in [2.05, 4.69) is 10.5 Å². The van der Waals surface area contributed by atoms with E-state index in [1.165, 1.54) is 43.7 Å². The Kier molecular flexibility index (Phi) is 5.45. The van der Waals surface area contributed by atoms with Gasteiger partial charge in [0.15, 0.2) is 0 Å². The maximum absolute atomic E-state index is 11.8. The Labute approximate surface area is 137 Å². The molecule has 0 spiro atoms. The van der Waals surface area contributed by atoms with Gasteiger partial charge in [-0.15, -0.1) is 0 Å². The van der Waals surface area contributed by atoms with Crippen molar-refractivity contribution in [2.75, 3.05) is 7.11 Å². The lowest BCUT2D eigenvalue weighted by atomic mass is 10.1.